The van der Waals surface area contributed by atoms with Crippen LogP contribution in [0.4, 0.5) is 0 Å². The molecule has 0 aliphatic rings. The normalized spacial score (nSPS) is 11.9. The zero-order valence-electron chi connectivity index (χ0n) is 8.65. The van der Waals surface area contributed by atoms with Gasteiger partial charge in [-0.15, -0.1) is 10.2 Å². The summed E-state index contributed by atoms with van der Waals surface area (Å²) < 4.78 is 0. The quantitative estimate of drug-likeness (QED) is 0.635. The van der Waals surface area contributed by atoms with Gasteiger partial charge in [-0.25, -0.2) is 4.98 Å². The lowest BCUT2D eigenvalue weighted by Crippen LogP contribution is -2.10. The van der Waals surface area contributed by atoms with Gasteiger partial charge in [-0.05, 0) is 23.1 Å². The Morgan fingerprint density at radius 2 is 1.86 bits per heavy atom. The number of rotatable bonds is 0. The predicted molar refractivity (Wildman–Crippen MR) is 56.0 cm³/mol. The summed E-state index contributed by atoms with van der Waals surface area (Å²) in [6.45, 7) is 6.54. The average Bonchev–Trinajstić information content (AvgIpc) is 2.16. The molecule has 0 saturated carbocycles. The van der Waals surface area contributed by atoms with Gasteiger partial charge in [0.15, 0.2) is 0 Å². The van der Waals surface area contributed by atoms with Gasteiger partial charge in [-0.2, -0.15) is 0 Å². The Balaban J connectivity index is 2.63. The fourth-order valence-corrected chi connectivity index (χ4v) is 1.36. The van der Waals surface area contributed by atoms with Crippen LogP contribution in [0.3, 0.4) is 0 Å². The molecule has 0 aliphatic heterocycles. The van der Waals surface area contributed by atoms with E-state index in [-0.39, 0.29) is 5.41 Å². The summed E-state index contributed by atoms with van der Waals surface area (Å²) in [4.78, 5) is 4.13. The van der Waals surface area contributed by atoms with E-state index in [0.717, 1.165) is 11.0 Å². The summed E-state index contributed by atoms with van der Waals surface area (Å²) in [6, 6.07) is 6.14. The van der Waals surface area contributed by atoms with Crippen LogP contribution in [0.25, 0.3) is 11.0 Å². The fraction of sp³-hybridized carbons (Fsp3) is 0.364. The van der Waals surface area contributed by atoms with Crippen LogP contribution in [-0.4, -0.2) is 15.2 Å². The monoisotopic (exact) mass is 187 g/mol. The second kappa shape index (κ2) is 3.01. The van der Waals surface area contributed by atoms with Gasteiger partial charge in [0.05, 0.1) is 5.52 Å². The molecule has 2 aromatic rings. The van der Waals surface area contributed by atoms with E-state index in [9.17, 15) is 0 Å². The van der Waals surface area contributed by atoms with E-state index >= 15 is 0 Å². The molecule has 0 saturated heterocycles. The minimum atomic E-state index is 0.145. The number of aromatic nitrogens is 3. The Hall–Kier alpha value is -1.51. The first-order valence-electron chi connectivity index (χ1n) is 4.65. The fourth-order valence-electron chi connectivity index (χ4n) is 1.36. The molecule has 0 atom stereocenters. The molecular formula is C11H13N3. The van der Waals surface area contributed by atoms with Gasteiger partial charge in [0.25, 0.3) is 0 Å². The third-order valence-electron chi connectivity index (χ3n) is 2.26. The zero-order chi connectivity index (χ0) is 10.2. The lowest BCUT2D eigenvalue weighted by molar-refractivity contribution is 0.591. The molecule has 0 unspecified atom stereocenters. The minimum absolute atomic E-state index is 0.145. The van der Waals surface area contributed by atoms with Crippen molar-refractivity contribution >= 4 is 11.0 Å². The highest BCUT2D eigenvalue weighted by Gasteiger charge is 2.13. The molecule has 72 valence electrons. The number of nitrogens with zero attached hydrogens (tertiary/aromatic N) is 3. The van der Waals surface area contributed by atoms with Crippen molar-refractivity contribution < 1.29 is 0 Å². The van der Waals surface area contributed by atoms with Crippen LogP contribution >= 0.6 is 0 Å². The Morgan fingerprint density at radius 1 is 1.07 bits per heavy atom. The maximum absolute atomic E-state index is 4.13. The molecular weight excluding hydrogens is 174 g/mol. The highest BCUT2D eigenvalue weighted by atomic mass is 15.1. The molecule has 1 aromatic heterocycles. The molecule has 1 aromatic carbocycles. The summed E-state index contributed by atoms with van der Waals surface area (Å²) in [5.41, 5.74) is 3.16. The van der Waals surface area contributed by atoms with Gasteiger partial charge in [-0.1, -0.05) is 26.8 Å². The van der Waals surface area contributed by atoms with E-state index in [2.05, 4.69) is 48.1 Å². The van der Waals surface area contributed by atoms with Crippen molar-refractivity contribution in [2.45, 2.75) is 26.2 Å². The lowest BCUT2D eigenvalue weighted by Gasteiger charge is -2.18. The van der Waals surface area contributed by atoms with Crippen molar-refractivity contribution in [2.24, 2.45) is 0 Å². The molecule has 0 aliphatic carbocycles. The van der Waals surface area contributed by atoms with Crippen molar-refractivity contribution in [3.63, 3.8) is 0 Å². The van der Waals surface area contributed by atoms with Gasteiger partial charge >= 0.3 is 0 Å². The number of fused-ring (bicyclic) bond motifs is 1. The van der Waals surface area contributed by atoms with Crippen LogP contribution in [0, 0.1) is 0 Å². The molecule has 14 heavy (non-hydrogen) atoms. The van der Waals surface area contributed by atoms with Crippen LogP contribution in [0.2, 0.25) is 0 Å². The number of hydrogen-bond donors (Lipinski definition) is 0. The molecule has 2 rings (SSSR count). The number of benzene rings is 1. The first kappa shape index (κ1) is 9.06. The van der Waals surface area contributed by atoms with E-state index in [1.54, 1.807) is 0 Å². The first-order chi connectivity index (χ1) is 6.57. The number of hydrogen-bond acceptors (Lipinski definition) is 3. The van der Waals surface area contributed by atoms with Crippen LogP contribution in [0.1, 0.15) is 26.3 Å². The SMILES string of the molecule is CC(C)(C)c1ccc2ncnnc2c1. The Morgan fingerprint density at radius 3 is 2.57 bits per heavy atom. The van der Waals surface area contributed by atoms with Gasteiger partial charge in [0.1, 0.15) is 11.8 Å². The maximum atomic E-state index is 4.13. The van der Waals surface area contributed by atoms with E-state index in [4.69, 9.17) is 0 Å². The average molecular weight is 187 g/mol. The molecule has 0 bridgehead atoms. The summed E-state index contributed by atoms with van der Waals surface area (Å²) in [5, 5.41) is 7.82. The second-order valence-electron chi connectivity index (χ2n) is 4.41. The highest BCUT2D eigenvalue weighted by molar-refractivity contribution is 5.74. The Labute approximate surface area is 83.2 Å². The summed E-state index contributed by atoms with van der Waals surface area (Å²) in [7, 11) is 0. The van der Waals surface area contributed by atoms with E-state index in [0.29, 0.717) is 0 Å². The third-order valence-corrected chi connectivity index (χ3v) is 2.26. The zero-order valence-corrected chi connectivity index (χ0v) is 8.65. The predicted octanol–water partition coefficient (Wildman–Crippen LogP) is 2.32. The Kier molecular flexibility index (Phi) is 1.95. The van der Waals surface area contributed by atoms with Crippen molar-refractivity contribution in [1.82, 2.24) is 15.2 Å². The third kappa shape index (κ3) is 1.58. The molecule has 0 N–H and O–H groups in total. The van der Waals surface area contributed by atoms with Crippen LogP contribution in [0.15, 0.2) is 24.5 Å². The molecule has 1 heterocycles. The van der Waals surface area contributed by atoms with Gasteiger partial charge in [-0.3, -0.25) is 0 Å². The molecule has 3 nitrogen and oxygen atoms in total. The van der Waals surface area contributed by atoms with Crippen molar-refractivity contribution in [3.8, 4) is 0 Å². The summed E-state index contributed by atoms with van der Waals surface area (Å²) in [6.07, 6.45) is 1.47. The van der Waals surface area contributed by atoms with Crippen LogP contribution < -0.4 is 0 Å². The van der Waals surface area contributed by atoms with Crippen molar-refractivity contribution in [2.75, 3.05) is 0 Å². The molecule has 0 radical (unpaired) electrons. The molecule has 3 heteroatoms. The topological polar surface area (TPSA) is 38.7 Å². The highest BCUT2D eigenvalue weighted by Crippen LogP contribution is 2.23. The van der Waals surface area contributed by atoms with Crippen molar-refractivity contribution in [3.05, 3.63) is 30.1 Å². The van der Waals surface area contributed by atoms with E-state index in [1.165, 1.54) is 11.9 Å². The molecule has 0 fully saturated rings. The minimum Gasteiger partial charge on any atom is -0.233 e. The molecule has 0 amide bonds. The largest absolute Gasteiger partial charge is 0.233 e. The van der Waals surface area contributed by atoms with Gasteiger partial charge in [0, 0.05) is 0 Å². The first-order valence-corrected chi connectivity index (χ1v) is 4.65. The molecule has 0 spiro atoms. The summed E-state index contributed by atoms with van der Waals surface area (Å²) in [5.74, 6) is 0. The van der Waals surface area contributed by atoms with Gasteiger partial charge in [0.2, 0.25) is 0 Å². The van der Waals surface area contributed by atoms with Crippen LogP contribution in [-0.2, 0) is 5.41 Å². The van der Waals surface area contributed by atoms with Gasteiger partial charge < -0.3 is 0 Å². The maximum Gasteiger partial charge on any atom is 0.138 e. The lowest BCUT2D eigenvalue weighted by atomic mass is 9.87. The standard InChI is InChI=1S/C11H13N3/c1-11(2,3)8-4-5-9-10(6-8)14-13-7-12-9/h4-7H,1-3H3. The van der Waals surface area contributed by atoms with Crippen LogP contribution in [0.5, 0.6) is 0 Å². The van der Waals surface area contributed by atoms with E-state index in [1.807, 2.05) is 6.07 Å². The smallest absolute Gasteiger partial charge is 0.138 e. The summed E-state index contributed by atoms with van der Waals surface area (Å²) >= 11 is 0. The van der Waals surface area contributed by atoms with E-state index < -0.39 is 0 Å². The Bertz CT molecular complexity index is 457. The van der Waals surface area contributed by atoms with Crippen molar-refractivity contribution in [1.29, 1.82) is 0 Å². The second-order valence-corrected chi connectivity index (χ2v) is 4.41.